The highest BCUT2D eigenvalue weighted by molar-refractivity contribution is 6.09. The summed E-state index contributed by atoms with van der Waals surface area (Å²) in [5.41, 5.74) is 5.36. The van der Waals surface area contributed by atoms with Crippen LogP contribution in [0.25, 0.3) is 0 Å². The van der Waals surface area contributed by atoms with E-state index in [2.05, 4.69) is 19.0 Å². The zero-order valence-electron chi connectivity index (χ0n) is 12.1. The summed E-state index contributed by atoms with van der Waals surface area (Å²) in [6, 6.07) is 0.296. The summed E-state index contributed by atoms with van der Waals surface area (Å²) in [7, 11) is 1.86. The van der Waals surface area contributed by atoms with E-state index in [1.165, 1.54) is 0 Å². The fourth-order valence-corrected chi connectivity index (χ4v) is 3.08. The van der Waals surface area contributed by atoms with E-state index in [9.17, 15) is 4.79 Å². The van der Waals surface area contributed by atoms with Gasteiger partial charge in [0.1, 0.15) is 5.41 Å². The Kier molecular flexibility index (Phi) is 3.49. The van der Waals surface area contributed by atoms with E-state index in [0.717, 1.165) is 25.7 Å². The Morgan fingerprint density at radius 1 is 1.26 bits per heavy atom. The first-order chi connectivity index (χ1) is 8.82. The van der Waals surface area contributed by atoms with Gasteiger partial charge in [0.25, 0.3) is 0 Å². The van der Waals surface area contributed by atoms with Crippen molar-refractivity contribution < 1.29 is 10.0 Å². The minimum atomic E-state index is -0.712. The maximum atomic E-state index is 12.5. The lowest BCUT2D eigenvalue weighted by Crippen LogP contribution is -2.47. The molecule has 0 aromatic carbocycles. The van der Waals surface area contributed by atoms with E-state index in [4.69, 9.17) is 10.9 Å². The zero-order chi connectivity index (χ0) is 14.3. The molecular weight excluding hydrogens is 242 g/mol. The first-order valence-electron chi connectivity index (χ1n) is 7.08. The Bertz CT molecular complexity index is 389. The number of rotatable bonds is 3. The predicted octanol–water partition coefficient (Wildman–Crippen LogP) is 1.94. The minimum absolute atomic E-state index is 0.0208. The Morgan fingerprint density at radius 3 is 2.21 bits per heavy atom. The van der Waals surface area contributed by atoms with Gasteiger partial charge in [0.05, 0.1) is 0 Å². The molecule has 2 saturated carbocycles. The van der Waals surface area contributed by atoms with Crippen LogP contribution in [0, 0.1) is 10.8 Å². The molecule has 2 aliphatic carbocycles. The molecular formula is C14H25N3O2. The van der Waals surface area contributed by atoms with Crippen LogP contribution >= 0.6 is 0 Å². The summed E-state index contributed by atoms with van der Waals surface area (Å²) in [6.45, 7) is 4.56. The van der Waals surface area contributed by atoms with Gasteiger partial charge in [0.2, 0.25) is 5.91 Å². The third kappa shape index (κ3) is 2.55. The van der Waals surface area contributed by atoms with Crippen LogP contribution in [0.1, 0.15) is 52.4 Å². The Labute approximate surface area is 114 Å². The summed E-state index contributed by atoms with van der Waals surface area (Å²) in [6.07, 6.45) is 5.77. The second-order valence-corrected chi connectivity index (χ2v) is 6.88. The van der Waals surface area contributed by atoms with Crippen LogP contribution in [0.3, 0.4) is 0 Å². The van der Waals surface area contributed by atoms with Crippen LogP contribution in [0.5, 0.6) is 0 Å². The van der Waals surface area contributed by atoms with Crippen molar-refractivity contribution in [3.05, 3.63) is 0 Å². The summed E-state index contributed by atoms with van der Waals surface area (Å²) in [4.78, 5) is 14.4. The molecule has 2 fully saturated rings. The van der Waals surface area contributed by atoms with Gasteiger partial charge < -0.3 is 15.8 Å². The van der Waals surface area contributed by atoms with E-state index in [1.807, 2.05) is 11.9 Å². The van der Waals surface area contributed by atoms with Crippen molar-refractivity contribution in [1.29, 1.82) is 0 Å². The van der Waals surface area contributed by atoms with Gasteiger partial charge in [-0.3, -0.25) is 4.79 Å². The van der Waals surface area contributed by atoms with Crippen molar-refractivity contribution in [3.8, 4) is 0 Å². The van der Waals surface area contributed by atoms with Crippen LogP contribution in [-0.4, -0.2) is 34.9 Å². The second-order valence-electron chi connectivity index (χ2n) is 6.88. The van der Waals surface area contributed by atoms with Crippen LogP contribution in [0.2, 0.25) is 0 Å². The molecule has 0 atom stereocenters. The summed E-state index contributed by atoms with van der Waals surface area (Å²) < 4.78 is 0. The average molecular weight is 267 g/mol. The standard InChI is InChI=1S/C14H25N3O2/c1-13(2)6-4-10(5-7-13)17(3)12(18)14(8-9-14)11(15)16-19/h10,19H,4-9H2,1-3H3,(H2,15,16). The molecule has 0 aromatic rings. The molecule has 0 saturated heterocycles. The molecule has 0 unspecified atom stereocenters. The quantitative estimate of drug-likeness (QED) is 0.355. The highest BCUT2D eigenvalue weighted by atomic mass is 16.4. The molecule has 0 aromatic heterocycles. The van der Waals surface area contributed by atoms with Gasteiger partial charge in [-0.25, -0.2) is 0 Å². The minimum Gasteiger partial charge on any atom is -0.409 e. The number of carbonyl (C=O) groups excluding carboxylic acids is 1. The zero-order valence-corrected chi connectivity index (χ0v) is 12.1. The number of hydrogen-bond donors (Lipinski definition) is 2. The van der Waals surface area contributed by atoms with Crippen molar-refractivity contribution in [2.75, 3.05) is 7.05 Å². The molecule has 3 N–H and O–H groups in total. The normalized spacial score (nSPS) is 25.9. The predicted molar refractivity (Wildman–Crippen MR) is 73.9 cm³/mol. The van der Waals surface area contributed by atoms with Gasteiger partial charge in [-0.15, -0.1) is 0 Å². The van der Waals surface area contributed by atoms with Gasteiger partial charge in [0.15, 0.2) is 5.84 Å². The lowest BCUT2D eigenvalue weighted by atomic mass is 9.75. The third-order valence-corrected chi connectivity index (χ3v) is 4.93. The molecule has 5 nitrogen and oxygen atoms in total. The number of amidine groups is 1. The van der Waals surface area contributed by atoms with Gasteiger partial charge in [-0.2, -0.15) is 0 Å². The first-order valence-corrected chi connectivity index (χ1v) is 7.08. The molecule has 0 aliphatic heterocycles. The number of nitrogens with zero attached hydrogens (tertiary/aromatic N) is 2. The highest BCUT2D eigenvalue weighted by Gasteiger charge is 2.56. The Hall–Kier alpha value is -1.26. The molecule has 1 amide bonds. The molecule has 2 aliphatic rings. The lowest BCUT2D eigenvalue weighted by molar-refractivity contribution is -0.136. The van der Waals surface area contributed by atoms with E-state index in [1.54, 1.807) is 0 Å². The second kappa shape index (κ2) is 4.69. The van der Waals surface area contributed by atoms with Crippen molar-refractivity contribution in [3.63, 3.8) is 0 Å². The fourth-order valence-electron chi connectivity index (χ4n) is 3.08. The van der Waals surface area contributed by atoms with Crippen LogP contribution in [0.4, 0.5) is 0 Å². The first kappa shape index (κ1) is 14.2. The molecule has 0 heterocycles. The number of oxime groups is 1. The van der Waals surface area contributed by atoms with Gasteiger partial charge in [-0.05, 0) is 43.9 Å². The molecule has 0 radical (unpaired) electrons. The van der Waals surface area contributed by atoms with Crippen molar-refractivity contribution in [2.24, 2.45) is 21.7 Å². The monoisotopic (exact) mass is 267 g/mol. The van der Waals surface area contributed by atoms with Gasteiger partial charge in [-0.1, -0.05) is 19.0 Å². The maximum absolute atomic E-state index is 12.5. The van der Waals surface area contributed by atoms with Crippen LogP contribution < -0.4 is 5.73 Å². The molecule has 19 heavy (non-hydrogen) atoms. The van der Waals surface area contributed by atoms with Crippen LogP contribution in [0.15, 0.2) is 5.16 Å². The SMILES string of the molecule is CN(C(=O)C1(C(N)=NO)CC1)C1CCC(C)(C)CC1. The van der Waals surface area contributed by atoms with Crippen molar-refractivity contribution in [1.82, 2.24) is 4.90 Å². The molecule has 0 spiro atoms. The number of amides is 1. The largest absolute Gasteiger partial charge is 0.409 e. The van der Waals surface area contributed by atoms with Crippen LogP contribution in [-0.2, 0) is 4.79 Å². The molecule has 0 bridgehead atoms. The number of nitrogens with two attached hydrogens (primary N) is 1. The van der Waals surface area contributed by atoms with Gasteiger partial charge >= 0.3 is 0 Å². The lowest BCUT2D eigenvalue weighted by Gasteiger charge is -2.39. The Balaban J connectivity index is 2.01. The van der Waals surface area contributed by atoms with E-state index < -0.39 is 5.41 Å². The van der Waals surface area contributed by atoms with E-state index >= 15 is 0 Å². The average Bonchev–Trinajstić information content (AvgIpc) is 3.17. The van der Waals surface area contributed by atoms with Gasteiger partial charge in [0, 0.05) is 13.1 Å². The number of hydrogen-bond acceptors (Lipinski definition) is 3. The van der Waals surface area contributed by atoms with E-state index in [0.29, 0.717) is 24.3 Å². The molecule has 5 heteroatoms. The molecule has 108 valence electrons. The maximum Gasteiger partial charge on any atom is 0.236 e. The van der Waals surface area contributed by atoms with Crippen molar-refractivity contribution >= 4 is 11.7 Å². The Morgan fingerprint density at radius 2 is 1.79 bits per heavy atom. The molecule has 2 rings (SSSR count). The highest BCUT2D eigenvalue weighted by Crippen LogP contribution is 2.48. The smallest absolute Gasteiger partial charge is 0.236 e. The summed E-state index contributed by atoms with van der Waals surface area (Å²) in [5, 5.41) is 11.9. The summed E-state index contributed by atoms with van der Waals surface area (Å²) in [5.74, 6) is 0.0907. The van der Waals surface area contributed by atoms with Crippen molar-refractivity contribution in [2.45, 2.75) is 58.4 Å². The third-order valence-electron chi connectivity index (χ3n) is 4.93. The summed E-state index contributed by atoms with van der Waals surface area (Å²) >= 11 is 0. The topological polar surface area (TPSA) is 78.9 Å². The fraction of sp³-hybridized carbons (Fsp3) is 0.857. The van der Waals surface area contributed by atoms with E-state index in [-0.39, 0.29) is 11.7 Å². The number of carbonyl (C=O) groups is 1.